The highest BCUT2D eigenvalue weighted by atomic mass is 16.5. The number of aromatic nitrogens is 2. The number of ether oxygens (including phenoxy) is 1. The van der Waals surface area contributed by atoms with E-state index in [9.17, 15) is 0 Å². The van der Waals surface area contributed by atoms with Gasteiger partial charge in [-0.1, -0.05) is 23.4 Å². The average Bonchev–Trinajstić information content (AvgIpc) is 3.36. The summed E-state index contributed by atoms with van der Waals surface area (Å²) in [6.45, 7) is 4.30. The van der Waals surface area contributed by atoms with Crippen LogP contribution in [0.5, 0.6) is 5.75 Å². The number of benzene rings is 2. The van der Waals surface area contributed by atoms with Gasteiger partial charge in [0.2, 0.25) is 0 Å². The normalized spacial score (nSPS) is 14.7. The van der Waals surface area contributed by atoms with Crippen molar-refractivity contribution in [1.82, 2.24) is 19.9 Å². The first-order chi connectivity index (χ1) is 18.6. The van der Waals surface area contributed by atoms with Crippen molar-refractivity contribution in [3.63, 3.8) is 0 Å². The first-order valence-electron chi connectivity index (χ1n) is 13.4. The van der Waals surface area contributed by atoms with Gasteiger partial charge in [0.25, 0.3) is 0 Å². The lowest BCUT2D eigenvalue weighted by Crippen LogP contribution is -2.33. The van der Waals surface area contributed by atoms with Crippen molar-refractivity contribution in [2.45, 2.75) is 45.4 Å². The average molecular weight is 510 g/mol. The fraction of sp³-hybridized carbons (Fsp3) is 0.387. The number of nitrogens with zero attached hydrogens (tertiary/aromatic N) is 5. The molecule has 4 aromatic rings. The van der Waals surface area contributed by atoms with Crippen molar-refractivity contribution in [3.8, 4) is 11.8 Å². The van der Waals surface area contributed by atoms with E-state index < -0.39 is 0 Å². The topological polar surface area (TPSA) is 78.4 Å². The lowest BCUT2D eigenvalue weighted by molar-refractivity contribution is 0.170. The highest BCUT2D eigenvalue weighted by molar-refractivity contribution is 5.84. The molecule has 1 aliphatic rings. The Hall–Kier alpha value is -3.73. The van der Waals surface area contributed by atoms with E-state index in [0.717, 1.165) is 71.7 Å². The number of rotatable bonds is 10. The van der Waals surface area contributed by atoms with Crippen molar-refractivity contribution in [2.24, 2.45) is 5.92 Å². The van der Waals surface area contributed by atoms with Gasteiger partial charge in [0.15, 0.2) is 5.58 Å². The first-order valence-corrected chi connectivity index (χ1v) is 13.4. The molecular weight excluding hydrogens is 474 g/mol. The van der Waals surface area contributed by atoms with Gasteiger partial charge >= 0.3 is 0 Å². The fourth-order valence-corrected chi connectivity index (χ4v) is 5.20. The molecule has 196 valence electrons. The van der Waals surface area contributed by atoms with Crippen molar-refractivity contribution < 1.29 is 9.26 Å². The number of pyridine rings is 1. The summed E-state index contributed by atoms with van der Waals surface area (Å²) in [6.07, 6.45) is 6.34. The molecule has 5 rings (SSSR count). The summed E-state index contributed by atoms with van der Waals surface area (Å²) in [5, 5.41) is 14.6. The number of nitriles is 1. The molecule has 0 amide bonds. The third kappa shape index (κ3) is 6.39. The quantitative estimate of drug-likeness (QED) is 0.276. The summed E-state index contributed by atoms with van der Waals surface area (Å²) in [7, 11) is 4.08. The predicted molar refractivity (Wildman–Crippen MR) is 147 cm³/mol. The summed E-state index contributed by atoms with van der Waals surface area (Å²) in [5.41, 5.74) is 5.68. The zero-order valence-corrected chi connectivity index (χ0v) is 22.3. The van der Waals surface area contributed by atoms with Crippen LogP contribution in [0.15, 0.2) is 65.3 Å². The van der Waals surface area contributed by atoms with Gasteiger partial charge in [-0.15, -0.1) is 0 Å². The maximum Gasteiger partial charge on any atom is 0.175 e. The van der Waals surface area contributed by atoms with Crippen molar-refractivity contribution in [3.05, 3.63) is 88.9 Å². The van der Waals surface area contributed by atoms with Crippen LogP contribution < -0.4 is 4.74 Å². The van der Waals surface area contributed by atoms with Crippen LogP contribution in [0.2, 0.25) is 0 Å². The number of hydrogen-bond donors (Lipinski definition) is 0. The molecule has 7 nitrogen and oxygen atoms in total. The highest BCUT2D eigenvalue weighted by Gasteiger charge is 2.22. The second kappa shape index (κ2) is 12.2. The second-order valence-corrected chi connectivity index (χ2v) is 10.5. The first kappa shape index (κ1) is 25.9. The van der Waals surface area contributed by atoms with Crippen LogP contribution in [0.25, 0.3) is 11.0 Å². The van der Waals surface area contributed by atoms with Crippen LogP contribution in [-0.4, -0.2) is 47.1 Å². The van der Waals surface area contributed by atoms with E-state index in [1.54, 1.807) is 0 Å². The highest BCUT2D eigenvalue weighted by Crippen LogP contribution is 2.33. The fourth-order valence-electron chi connectivity index (χ4n) is 5.20. The molecule has 0 radical (unpaired) electrons. The Bertz CT molecular complexity index is 1370. The van der Waals surface area contributed by atoms with Crippen molar-refractivity contribution in [2.75, 3.05) is 27.2 Å². The molecule has 1 fully saturated rings. The Morgan fingerprint density at radius 3 is 2.61 bits per heavy atom. The Labute approximate surface area is 224 Å². The number of likely N-dealkylation sites (tertiary alicyclic amines) is 1. The molecule has 0 saturated carbocycles. The Balaban J connectivity index is 1.22. The minimum atomic E-state index is 0.428. The summed E-state index contributed by atoms with van der Waals surface area (Å²) in [6, 6.07) is 19.9. The third-order valence-corrected chi connectivity index (χ3v) is 7.34. The molecule has 2 aromatic carbocycles. The minimum absolute atomic E-state index is 0.428. The van der Waals surface area contributed by atoms with Crippen molar-refractivity contribution in [1.29, 1.82) is 5.26 Å². The van der Waals surface area contributed by atoms with Gasteiger partial charge in [-0.05, 0) is 101 Å². The van der Waals surface area contributed by atoms with Crippen LogP contribution in [0.1, 0.15) is 47.3 Å². The molecule has 0 atom stereocenters. The molecule has 3 heterocycles. The van der Waals surface area contributed by atoms with Gasteiger partial charge in [0.05, 0.1) is 28.6 Å². The predicted octanol–water partition coefficient (Wildman–Crippen LogP) is 5.58. The maximum atomic E-state index is 9.03. The Kier molecular flexibility index (Phi) is 8.32. The number of piperidine rings is 1. The largest absolute Gasteiger partial charge is 0.488 e. The second-order valence-electron chi connectivity index (χ2n) is 10.5. The molecule has 38 heavy (non-hydrogen) atoms. The SMILES string of the molecule is CN(C)Cc1c(OCc2ccc(C#N)cc2)ccc2c(CCC3CCN(Cc4ccccn4)CC3)noc12. The molecule has 0 spiro atoms. The number of fused-ring (bicyclic) bond motifs is 1. The van der Waals surface area contributed by atoms with Gasteiger partial charge < -0.3 is 14.2 Å². The molecule has 0 unspecified atom stereocenters. The number of aryl methyl sites for hydroxylation is 1. The van der Waals surface area contributed by atoms with E-state index in [-0.39, 0.29) is 0 Å². The summed E-state index contributed by atoms with van der Waals surface area (Å²) in [4.78, 5) is 9.10. The van der Waals surface area contributed by atoms with E-state index in [1.165, 1.54) is 12.8 Å². The van der Waals surface area contributed by atoms with E-state index in [4.69, 9.17) is 14.5 Å². The minimum Gasteiger partial charge on any atom is -0.488 e. The Morgan fingerprint density at radius 2 is 1.89 bits per heavy atom. The monoisotopic (exact) mass is 509 g/mol. The van der Waals surface area contributed by atoms with E-state index >= 15 is 0 Å². The van der Waals surface area contributed by atoms with E-state index in [1.807, 2.05) is 56.7 Å². The lowest BCUT2D eigenvalue weighted by atomic mass is 9.91. The Morgan fingerprint density at radius 1 is 1.08 bits per heavy atom. The number of hydrogen-bond acceptors (Lipinski definition) is 7. The maximum absolute atomic E-state index is 9.03. The molecule has 7 heteroatoms. The van der Waals surface area contributed by atoms with Gasteiger partial charge in [-0.3, -0.25) is 9.88 Å². The zero-order chi connectivity index (χ0) is 26.3. The van der Waals surface area contributed by atoms with Crippen LogP contribution in [0.3, 0.4) is 0 Å². The van der Waals surface area contributed by atoms with Gasteiger partial charge in [-0.2, -0.15) is 5.26 Å². The summed E-state index contributed by atoms with van der Waals surface area (Å²) in [5.74, 6) is 1.51. The molecule has 2 aromatic heterocycles. The molecule has 0 aliphatic carbocycles. The standard InChI is InChI=1S/C31H35N5O2/c1-35(2)21-28-30(37-22-25-8-6-24(19-32)7-9-25)13-11-27-29(34-38-31(27)28)12-10-23-14-17-36(18-15-23)20-26-5-3-4-16-33-26/h3-9,11,13,16,23H,10,12,14-15,17-18,20-22H2,1-2H3. The smallest absolute Gasteiger partial charge is 0.175 e. The molecule has 1 aliphatic heterocycles. The van der Waals surface area contributed by atoms with E-state index in [0.29, 0.717) is 24.6 Å². The lowest BCUT2D eigenvalue weighted by Gasteiger charge is -2.31. The molecule has 0 N–H and O–H groups in total. The summed E-state index contributed by atoms with van der Waals surface area (Å²) >= 11 is 0. The molecular formula is C31H35N5O2. The van der Waals surface area contributed by atoms with E-state index in [2.05, 4.69) is 44.2 Å². The van der Waals surface area contributed by atoms with Gasteiger partial charge in [0, 0.05) is 24.7 Å². The van der Waals surface area contributed by atoms with Gasteiger partial charge in [-0.25, -0.2) is 0 Å². The zero-order valence-electron chi connectivity index (χ0n) is 22.3. The third-order valence-electron chi connectivity index (χ3n) is 7.34. The van der Waals surface area contributed by atoms with Crippen LogP contribution in [-0.2, 0) is 26.1 Å². The van der Waals surface area contributed by atoms with Crippen molar-refractivity contribution >= 4 is 11.0 Å². The summed E-state index contributed by atoms with van der Waals surface area (Å²) < 4.78 is 12.1. The van der Waals surface area contributed by atoms with Crippen LogP contribution >= 0.6 is 0 Å². The van der Waals surface area contributed by atoms with Crippen LogP contribution in [0.4, 0.5) is 0 Å². The molecule has 1 saturated heterocycles. The van der Waals surface area contributed by atoms with Gasteiger partial charge in [0.1, 0.15) is 12.4 Å². The molecule has 0 bridgehead atoms. The van der Waals surface area contributed by atoms with Crippen LogP contribution in [0, 0.1) is 17.2 Å².